The Hall–Kier alpha value is -2.33. The highest BCUT2D eigenvalue weighted by Gasteiger charge is 2.33. The van der Waals surface area contributed by atoms with Gasteiger partial charge in [0.25, 0.3) is 5.91 Å². The van der Waals surface area contributed by atoms with Gasteiger partial charge in [-0.25, -0.2) is 0 Å². The molecule has 1 N–H and O–H groups in total. The number of H-pyrrole nitrogens is 1. The summed E-state index contributed by atoms with van der Waals surface area (Å²) in [6.07, 6.45) is 7.60. The zero-order valence-electron chi connectivity index (χ0n) is 13.2. The molecule has 2 aliphatic heterocycles. The number of amides is 1. The normalized spacial score (nSPS) is 20.3. The van der Waals surface area contributed by atoms with Crippen LogP contribution in [0.5, 0.6) is 0 Å². The zero-order valence-corrected chi connectivity index (χ0v) is 13.2. The number of aromatic nitrogens is 1. The molecule has 0 spiro atoms. The van der Waals surface area contributed by atoms with E-state index in [4.69, 9.17) is 0 Å². The van der Waals surface area contributed by atoms with Crippen LogP contribution in [0.2, 0.25) is 0 Å². The Morgan fingerprint density at radius 2 is 1.87 bits per heavy atom. The number of rotatable bonds is 3. The average Bonchev–Trinajstić information content (AvgIpc) is 3.19. The minimum absolute atomic E-state index is 0.103. The van der Waals surface area contributed by atoms with Crippen LogP contribution in [0.25, 0.3) is 11.6 Å². The minimum Gasteiger partial charge on any atom is -0.362 e. The predicted octanol–water partition coefficient (Wildman–Crippen LogP) is 3.35. The van der Waals surface area contributed by atoms with E-state index in [1.807, 2.05) is 53.6 Å². The Kier molecular flexibility index (Phi) is 3.75. The van der Waals surface area contributed by atoms with Gasteiger partial charge in [-0.3, -0.25) is 14.6 Å². The van der Waals surface area contributed by atoms with Crippen molar-refractivity contribution in [2.45, 2.75) is 19.3 Å². The Morgan fingerprint density at radius 3 is 2.65 bits per heavy atom. The van der Waals surface area contributed by atoms with Crippen molar-refractivity contribution in [1.29, 1.82) is 0 Å². The molecule has 1 aromatic carbocycles. The number of carbonyl (C=O) groups is 1. The zero-order chi connectivity index (χ0) is 15.6. The van der Waals surface area contributed by atoms with Gasteiger partial charge in [0.1, 0.15) is 0 Å². The van der Waals surface area contributed by atoms with Gasteiger partial charge in [0, 0.05) is 17.5 Å². The highest BCUT2D eigenvalue weighted by molar-refractivity contribution is 6.35. The van der Waals surface area contributed by atoms with E-state index < -0.39 is 0 Å². The number of nitrogens with zero attached hydrogens (tertiary/aromatic N) is 2. The lowest BCUT2D eigenvalue weighted by Gasteiger charge is -2.30. The molecule has 1 fully saturated rings. The molecule has 0 atom stereocenters. The maximum Gasteiger partial charge on any atom is 0.260 e. The Bertz CT molecular complexity index is 727. The van der Waals surface area contributed by atoms with Gasteiger partial charge < -0.3 is 4.98 Å². The third kappa shape index (κ3) is 2.70. The summed E-state index contributed by atoms with van der Waals surface area (Å²) in [7, 11) is 0. The van der Waals surface area contributed by atoms with Crippen LogP contribution in [-0.4, -0.2) is 35.5 Å². The molecule has 23 heavy (non-hydrogen) atoms. The summed E-state index contributed by atoms with van der Waals surface area (Å²) in [5, 5.41) is 0. The molecule has 2 aromatic rings. The van der Waals surface area contributed by atoms with Crippen molar-refractivity contribution in [1.82, 2.24) is 9.88 Å². The van der Waals surface area contributed by atoms with Gasteiger partial charge in [-0.1, -0.05) is 24.6 Å². The summed E-state index contributed by atoms with van der Waals surface area (Å²) < 4.78 is 0. The summed E-state index contributed by atoms with van der Waals surface area (Å²) >= 11 is 0. The number of fused-ring (bicyclic) bond motifs is 1. The largest absolute Gasteiger partial charge is 0.362 e. The lowest BCUT2D eigenvalue weighted by molar-refractivity contribution is -0.113. The second-order valence-corrected chi connectivity index (χ2v) is 6.25. The van der Waals surface area contributed by atoms with E-state index >= 15 is 0 Å². The third-order valence-corrected chi connectivity index (χ3v) is 4.67. The molecule has 1 amide bonds. The number of piperidine rings is 1. The van der Waals surface area contributed by atoms with E-state index in [1.54, 1.807) is 0 Å². The summed E-state index contributed by atoms with van der Waals surface area (Å²) in [5.41, 5.74) is 3.80. The number of anilines is 1. The average molecular weight is 307 g/mol. The summed E-state index contributed by atoms with van der Waals surface area (Å²) in [6.45, 7) is 2.86. The molecule has 0 saturated carbocycles. The second-order valence-electron chi connectivity index (χ2n) is 6.25. The number of nitrogens with one attached hydrogen (secondary N) is 1. The van der Waals surface area contributed by atoms with Crippen molar-refractivity contribution < 1.29 is 4.79 Å². The molecule has 0 aliphatic carbocycles. The smallest absolute Gasteiger partial charge is 0.260 e. The molecule has 0 bridgehead atoms. The van der Waals surface area contributed by atoms with Crippen molar-refractivity contribution in [3.8, 4) is 0 Å². The van der Waals surface area contributed by atoms with Gasteiger partial charge in [0.2, 0.25) is 0 Å². The van der Waals surface area contributed by atoms with E-state index in [1.165, 1.54) is 19.3 Å². The Morgan fingerprint density at radius 1 is 1.04 bits per heavy atom. The van der Waals surface area contributed by atoms with Crippen molar-refractivity contribution in [3.05, 3.63) is 53.9 Å². The Balaban J connectivity index is 1.67. The number of para-hydroxylation sites is 1. The lowest BCUT2D eigenvalue weighted by atomic mass is 10.1. The van der Waals surface area contributed by atoms with Crippen LogP contribution in [0, 0.1) is 0 Å². The van der Waals surface area contributed by atoms with Crippen molar-refractivity contribution in [2.75, 3.05) is 24.7 Å². The fourth-order valence-electron chi connectivity index (χ4n) is 3.48. The van der Waals surface area contributed by atoms with Crippen LogP contribution in [0.15, 0.2) is 42.6 Å². The van der Waals surface area contributed by atoms with E-state index in [0.717, 1.165) is 35.6 Å². The van der Waals surface area contributed by atoms with Crippen molar-refractivity contribution in [2.24, 2.45) is 0 Å². The fraction of sp³-hybridized carbons (Fsp3) is 0.316. The molecule has 2 aliphatic rings. The molecule has 0 radical (unpaired) electrons. The molecule has 0 unspecified atom stereocenters. The third-order valence-electron chi connectivity index (χ3n) is 4.67. The highest BCUT2D eigenvalue weighted by Crippen LogP contribution is 2.37. The topological polar surface area (TPSA) is 39.3 Å². The molecule has 1 aromatic heterocycles. The van der Waals surface area contributed by atoms with E-state index in [9.17, 15) is 4.79 Å². The predicted molar refractivity (Wildman–Crippen MR) is 92.9 cm³/mol. The van der Waals surface area contributed by atoms with Crippen LogP contribution in [0.3, 0.4) is 0 Å². The molecule has 4 heteroatoms. The molecule has 118 valence electrons. The molecular formula is C19H21N3O. The number of carbonyl (C=O) groups excluding carboxylic acids is 1. The van der Waals surface area contributed by atoms with Crippen molar-refractivity contribution in [3.63, 3.8) is 0 Å². The summed E-state index contributed by atoms with van der Waals surface area (Å²) in [5.74, 6) is 0.103. The standard InChI is InChI=1S/C19H21N3O/c23-19-17(13-15-7-6-10-20-15)16-8-2-3-9-18(16)22(19)14-21-11-4-1-5-12-21/h2-3,6-10,13,20H,1,4-5,11-12,14H2/b17-13-. The first-order valence-corrected chi connectivity index (χ1v) is 8.31. The first-order chi connectivity index (χ1) is 11.3. The van der Waals surface area contributed by atoms with Crippen LogP contribution in [0.4, 0.5) is 5.69 Å². The fourth-order valence-corrected chi connectivity index (χ4v) is 3.48. The van der Waals surface area contributed by atoms with Crippen LogP contribution < -0.4 is 4.90 Å². The minimum atomic E-state index is 0.103. The van der Waals surface area contributed by atoms with E-state index in [2.05, 4.69) is 9.88 Å². The van der Waals surface area contributed by atoms with Gasteiger partial charge in [-0.05, 0) is 50.2 Å². The van der Waals surface area contributed by atoms with Gasteiger partial charge in [-0.15, -0.1) is 0 Å². The van der Waals surface area contributed by atoms with Crippen LogP contribution in [0.1, 0.15) is 30.5 Å². The molecular weight excluding hydrogens is 286 g/mol. The molecule has 1 saturated heterocycles. The van der Waals surface area contributed by atoms with Gasteiger partial charge in [0.05, 0.1) is 17.9 Å². The quantitative estimate of drug-likeness (QED) is 0.883. The Labute approximate surface area is 136 Å². The van der Waals surface area contributed by atoms with Crippen LogP contribution in [-0.2, 0) is 4.79 Å². The SMILES string of the molecule is O=C1/C(=C\c2ccc[nH]2)c2ccccc2N1CN1CCCCC1. The molecule has 4 rings (SSSR count). The van der Waals surface area contributed by atoms with Crippen LogP contribution >= 0.6 is 0 Å². The number of benzene rings is 1. The lowest BCUT2D eigenvalue weighted by Crippen LogP contribution is -2.42. The number of hydrogen-bond donors (Lipinski definition) is 1. The summed E-state index contributed by atoms with van der Waals surface area (Å²) in [6, 6.07) is 12.0. The monoisotopic (exact) mass is 307 g/mol. The second kappa shape index (κ2) is 6.05. The number of likely N-dealkylation sites (tertiary alicyclic amines) is 1. The summed E-state index contributed by atoms with van der Waals surface area (Å²) in [4.78, 5) is 20.4. The molecule has 4 nitrogen and oxygen atoms in total. The molecule has 3 heterocycles. The van der Waals surface area contributed by atoms with Gasteiger partial charge in [-0.2, -0.15) is 0 Å². The first kappa shape index (κ1) is 14.3. The number of hydrogen-bond acceptors (Lipinski definition) is 2. The van der Waals surface area contributed by atoms with E-state index in [0.29, 0.717) is 6.67 Å². The highest BCUT2D eigenvalue weighted by atomic mass is 16.2. The van der Waals surface area contributed by atoms with E-state index in [-0.39, 0.29) is 5.91 Å². The maximum atomic E-state index is 13.0. The first-order valence-electron chi connectivity index (χ1n) is 8.31. The van der Waals surface area contributed by atoms with Gasteiger partial charge in [0.15, 0.2) is 0 Å². The number of aromatic amines is 1. The van der Waals surface area contributed by atoms with Gasteiger partial charge >= 0.3 is 0 Å². The van der Waals surface area contributed by atoms with Crippen molar-refractivity contribution >= 4 is 23.2 Å². The maximum absolute atomic E-state index is 13.0.